The number of carbonyl (C=O) groups excluding carboxylic acids is 1. The topological polar surface area (TPSA) is 66.5 Å². The van der Waals surface area contributed by atoms with Crippen LogP contribution >= 0.6 is 11.3 Å². The molecule has 1 aliphatic rings. The lowest BCUT2D eigenvalue weighted by Gasteiger charge is -2.20. The van der Waals surface area contributed by atoms with Gasteiger partial charge in [-0.15, -0.1) is 11.3 Å². The molecule has 0 saturated carbocycles. The number of amides is 2. The molecule has 2 N–H and O–H groups in total. The molecule has 0 radical (unpaired) electrons. The van der Waals surface area contributed by atoms with Gasteiger partial charge >= 0.3 is 6.03 Å². The number of ether oxygens (including phenoxy) is 1. The molecule has 0 unspecified atom stereocenters. The Bertz CT molecular complexity index is 757. The summed E-state index contributed by atoms with van der Waals surface area (Å²) < 4.78 is 5.16. The summed E-state index contributed by atoms with van der Waals surface area (Å²) in [5.41, 5.74) is 2.04. The van der Waals surface area contributed by atoms with E-state index in [1.54, 1.807) is 13.3 Å². The van der Waals surface area contributed by atoms with Gasteiger partial charge in [-0.05, 0) is 30.8 Å². The molecular formula is C17H20N4O2S. The van der Waals surface area contributed by atoms with E-state index in [1.807, 2.05) is 30.3 Å². The number of nitrogens with zero attached hydrogens (tertiary/aromatic N) is 2. The highest BCUT2D eigenvalue weighted by Gasteiger charge is 2.18. The quantitative estimate of drug-likeness (QED) is 0.895. The number of hydrogen-bond donors (Lipinski definition) is 2. The molecule has 2 aromatic rings. The Labute approximate surface area is 145 Å². The third-order valence-corrected chi connectivity index (χ3v) is 4.72. The predicted molar refractivity (Wildman–Crippen MR) is 96.3 cm³/mol. The highest BCUT2D eigenvalue weighted by atomic mass is 32.1. The molecule has 0 aliphatic carbocycles. The standard InChI is InChI=1S/C17H20N4O2S/c1-21-9-7-14-15(11-21)24-17(19-14)20-16(22)18-8-6-12-4-3-5-13(10-12)23-2/h3-6,8,10H,7,9,11H2,1-2H3,(H2,18,19,20,22)/b8-6+. The van der Waals surface area contributed by atoms with Crippen molar-refractivity contribution in [1.82, 2.24) is 15.2 Å². The van der Waals surface area contributed by atoms with Crippen molar-refractivity contribution >= 4 is 28.6 Å². The molecule has 2 heterocycles. The molecule has 1 aromatic heterocycles. The van der Waals surface area contributed by atoms with E-state index in [1.165, 1.54) is 16.2 Å². The maximum Gasteiger partial charge on any atom is 0.325 e. The molecule has 0 atom stereocenters. The molecule has 1 aromatic carbocycles. The van der Waals surface area contributed by atoms with Crippen LogP contribution in [0.1, 0.15) is 16.1 Å². The largest absolute Gasteiger partial charge is 0.497 e. The van der Waals surface area contributed by atoms with E-state index in [9.17, 15) is 4.79 Å². The first kappa shape index (κ1) is 16.5. The van der Waals surface area contributed by atoms with Gasteiger partial charge in [0.05, 0.1) is 12.8 Å². The number of likely N-dealkylation sites (N-methyl/N-ethyl adjacent to an activating group) is 1. The minimum Gasteiger partial charge on any atom is -0.497 e. The van der Waals surface area contributed by atoms with Crippen molar-refractivity contribution in [3.05, 3.63) is 46.6 Å². The maximum atomic E-state index is 12.0. The molecule has 7 heteroatoms. The summed E-state index contributed by atoms with van der Waals surface area (Å²) in [7, 11) is 3.71. The van der Waals surface area contributed by atoms with Gasteiger partial charge in [-0.3, -0.25) is 5.32 Å². The molecule has 0 fully saturated rings. The fraction of sp³-hybridized carbons (Fsp3) is 0.294. The molecule has 2 amide bonds. The zero-order valence-electron chi connectivity index (χ0n) is 13.7. The summed E-state index contributed by atoms with van der Waals surface area (Å²) in [4.78, 5) is 19.9. The molecule has 6 nitrogen and oxygen atoms in total. The lowest BCUT2D eigenvalue weighted by atomic mass is 10.2. The van der Waals surface area contributed by atoms with Crippen LogP contribution in [0.2, 0.25) is 0 Å². The van der Waals surface area contributed by atoms with Crippen LogP contribution in [-0.2, 0) is 13.0 Å². The van der Waals surface area contributed by atoms with Crippen LogP contribution < -0.4 is 15.4 Å². The number of methoxy groups -OCH3 is 1. The average molecular weight is 344 g/mol. The van der Waals surface area contributed by atoms with E-state index in [2.05, 4.69) is 27.6 Å². The van der Waals surface area contributed by atoms with Gasteiger partial charge in [0.1, 0.15) is 5.75 Å². The van der Waals surface area contributed by atoms with Crippen molar-refractivity contribution in [3.63, 3.8) is 0 Å². The first-order valence-electron chi connectivity index (χ1n) is 7.69. The number of hydrogen-bond acceptors (Lipinski definition) is 5. The Kier molecular flexibility index (Phi) is 5.12. The monoisotopic (exact) mass is 344 g/mol. The Morgan fingerprint density at radius 3 is 3.17 bits per heavy atom. The Hall–Kier alpha value is -2.38. The van der Waals surface area contributed by atoms with Crippen molar-refractivity contribution in [2.75, 3.05) is 26.0 Å². The van der Waals surface area contributed by atoms with Crippen LogP contribution in [0, 0.1) is 0 Å². The minimum atomic E-state index is -0.298. The Morgan fingerprint density at radius 2 is 2.33 bits per heavy atom. The summed E-state index contributed by atoms with van der Waals surface area (Å²) in [6.45, 7) is 1.90. The normalized spacial score (nSPS) is 14.4. The zero-order chi connectivity index (χ0) is 16.9. The molecule has 0 spiro atoms. The SMILES string of the molecule is COc1cccc(/C=C/NC(=O)Nc2nc3c(s2)CN(C)CC3)c1. The molecule has 3 rings (SSSR count). The number of carbonyl (C=O) groups is 1. The number of thiazole rings is 1. The number of rotatable bonds is 4. The van der Waals surface area contributed by atoms with E-state index in [4.69, 9.17) is 4.74 Å². The van der Waals surface area contributed by atoms with E-state index in [0.29, 0.717) is 5.13 Å². The van der Waals surface area contributed by atoms with Gasteiger partial charge in [0, 0.05) is 30.6 Å². The fourth-order valence-corrected chi connectivity index (χ4v) is 3.55. The lowest BCUT2D eigenvalue weighted by molar-refractivity contribution is 0.255. The van der Waals surface area contributed by atoms with Crippen molar-refractivity contribution in [3.8, 4) is 5.75 Å². The van der Waals surface area contributed by atoms with Crippen LogP contribution in [0.25, 0.3) is 6.08 Å². The number of urea groups is 1. The van der Waals surface area contributed by atoms with Gasteiger partial charge in [0.15, 0.2) is 5.13 Å². The van der Waals surface area contributed by atoms with Gasteiger partial charge in [0.2, 0.25) is 0 Å². The van der Waals surface area contributed by atoms with Crippen molar-refractivity contribution in [2.24, 2.45) is 0 Å². The number of aromatic nitrogens is 1. The first-order valence-corrected chi connectivity index (χ1v) is 8.51. The Balaban J connectivity index is 1.55. The highest BCUT2D eigenvalue weighted by Crippen LogP contribution is 2.27. The maximum absolute atomic E-state index is 12.0. The van der Waals surface area contributed by atoms with Crippen LogP contribution in [0.5, 0.6) is 5.75 Å². The molecule has 126 valence electrons. The third-order valence-electron chi connectivity index (χ3n) is 3.73. The van der Waals surface area contributed by atoms with Gasteiger partial charge in [-0.2, -0.15) is 0 Å². The average Bonchev–Trinajstić information content (AvgIpc) is 2.96. The molecule has 1 aliphatic heterocycles. The lowest BCUT2D eigenvalue weighted by Crippen LogP contribution is -2.25. The van der Waals surface area contributed by atoms with Gasteiger partial charge in [-0.1, -0.05) is 12.1 Å². The summed E-state index contributed by atoms with van der Waals surface area (Å²) in [5.74, 6) is 0.778. The van der Waals surface area contributed by atoms with Gasteiger partial charge in [-0.25, -0.2) is 9.78 Å². The van der Waals surface area contributed by atoms with E-state index < -0.39 is 0 Å². The van der Waals surface area contributed by atoms with Crippen LogP contribution in [-0.4, -0.2) is 36.6 Å². The Morgan fingerprint density at radius 1 is 1.46 bits per heavy atom. The molecule has 0 bridgehead atoms. The van der Waals surface area contributed by atoms with Crippen molar-refractivity contribution in [2.45, 2.75) is 13.0 Å². The van der Waals surface area contributed by atoms with Crippen molar-refractivity contribution < 1.29 is 9.53 Å². The van der Waals surface area contributed by atoms with E-state index in [-0.39, 0.29) is 6.03 Å². The second-order valence-electron chi connectivity index (χ2n) is 5.59. The summed E-state index contributed by atoms with van der Waals surface area (Å²) >= 11 is 1.54. The van der Waals surface area contributed by atoms with E-state index in [0.717, 1.165) is 36.5 Å². The van der Waals surface area contributed by atoms with Crippen LogP contribution in [0.15, 0.2) is 30.5 Å². The third kappa shape index (κ3) is 4.12. The second-order valence-corrected chi connectivity index (χ2v) is 6.67. The van der Waals surface area contributed by atoms with Crippen LogP contribution in [0.4, 0.5) is 9.93 Å². The number of nitrogens with one attached hydrogen (secondary N) is 2. The summed E-state index contributed by atoms with van der Waals surface area (Å²) in [6.07, 6.45) is 4.34. The predicted octanol–water partition coefficient (Wildman–Crippen LogP) is 2.93. The first-order chi connectivity index (χ1) is 11.6. The highest BCUT2D eigenvalue weighted by molar-refractivity contribution is 7.15. The summed E-state index contributed by atoms with van der Waals surface area (Å²) in [6, 6.07) is 7.30. The van der Waals surface area contributed by atoms with Crippen molar-refractivity contribution in [1.29, 1.82) is 0 Å². The number of fused-ring (bicyclic) bond motifs is 1. The molecule has 24 heavy (non-hydrogen) atoms. The minimum absolute atomic E-state index is 0.298. The van der Waals surface area contributed by atoms with Gasteiger partial charge < -0.3 is 15.0 Å². The smallest absolute Gasteiger partial charge is 0.325 e. The second kappa shape index (κ2) is 7.46. The van der Waals surface area contributed by atoms with Crippen LogP contribution in [0.3, 0.4) is 0 Å². The zero-order valence-corrected chi connectivity index (χ0v) is 14.5. The number of anilines is 1. The van der Waals surface area contributed by atoms with Gasteiger partial charge in [0.25, 0.3) is 0 Å². The number of benzene rings is 1. The fourth-order valence-electron chi connectivity index (χ4n) is 2.47. The summed E-state index contributed by atoms with van der Waals surface area (Å²) in [5, 5.41) is 6.12. The molecular weight excluding hydrogens is 324 g/mol. The molecule has 0 saturated heterocycles. The van der Waals surface area contributed by atoms with E-state index >= 15 is 0 Å².